The second-order valence-electron chi connectivity index (χ2n) is 4.64. The Kier molecular flexibility index (Phi) is 4.88. The van der Waals surface area contributed by atoms with Crippen LogP contribution < -0.4 is 0 Å². The van der Waals surface area contributed by atoms with Gasteiger partial charge in [0.15, 0.2) is 5.78 Å². The van der Waals surface area contributed by atoms with Gasteiger partial charge in [-0.25, -0.2) is 0 Å². The Hall–Kier alpha value is -1.15. The molecule has 0 aliphatic heterocycles. The standard InChI is InChI=1S/C15H23NO/c1-6-16(7-2)10-15(17)14-9-12(4)11(3)8-13(14)5/h8-9H,6-7,10H2,1-5H3. The van der Waals surface area contributed by atoms with Crippen molar-refractivity contribution in [3.8, 4) is 0 Å². The second-order valence-corrected chi connectivity index (χ2v) is 4.64. The predicted molar refractivity (Wildman–Crippen MR) is 72.8 cm³/mol. The Bertz CT molecular complexity index is 406. The number of carbonyl (C=O) groups excluding carboxylic acids is 1. The van der Waals surface area contributed by atoms with Gasteiger partial charge in [-0.3, -0.25) is 9.69 Å². The van der Waals surface area contributed by atoms with Gasteiger partial charge in [0.05, 0.1) is 6.54 Å². The lowest BCUT2D eigenvalue weighted by Crippen LogP contribution is -2.29. The zero-order valence-corrected chi connectivity index (χ0v) is 11.6. The second kappa shape index (κ2) is 5.97. The molecule has 0 heterocycles. The fraction of sp³-hybridized carbons (Fsp3) is 0.533. The van der Waals surface area contributed by atoms with E-state index in [1.54, 1.807) is 0 Å². The van der Waals surface area contributed by atoms with E-state index in [1.165, 1.54) is 11.1 Å². The number of benzene rings is 1. The van der Waals surface area contributed by atoms with Crippen molar-refractivity contribution in [2.24, 2.45) is 0 Å². The molecule has 1 aromatic rings. The monoisotopic (exact) mass is 233 g/mol. The van der Waals surface area contributed by atoms with Crippen molar-refractivity contribution < 1.29 is 4.79 Å². The zero-order chi connectivity index (χ0) is 13.0. The first-order chi connectivity index (χ1) is 7.99. The molecule has 0 unspecified atom stereocenters. The summed E-state index contributed by atoms with van der Waals surface area (Å²) in [6, 6.07) is 4.13. The highest BCUT2D eigenvalue weighted by molar-refractivity contribution is 5.99. The third kappa shape index (κ3) is 3.40. The van der Waals surface area contributed by atoms with Crippen molar-refractivity contribution in [2.45, 2.75) is 34.6 Å². The van der Waals surface area contributed by atoms with Gasteiger partial charge >= 0.3 is 0 Å². The molecule has 2 nitrogen and oxygen atoms in total. The summed E-state index contributed by atoms with van der Waals surface area (Å²) in [6.07, 6.45) is 0. The highest BCUT2D eigenvalue weighted by Gasteiger charge is 2.13. The molecule has 0 aliphatic carbocycles. The molecular formula is C15H23NO. The number of rotatable bonds is 5. The van der Waals surface area contributed by atoms with E-state index >= 15 is 0 Å². The third-order valence-corrected chi connectivity index (χ3v) is 3.40. The summed E-state index contributed by atoms with van der Waals surface area (Å²) in [5.74, 6) is 0.231. The van der Waals surface area contributed by atoms with Crippen LogP contribution >= 0.6 is 0 Å². The maximum atomic E-state index is 12.2. The molecule has 0 aliphatic rings. The SMILES string of the molecule is CCN(CC)CC(=O)c1cc(C)c(C)cc1C. The average Bonchev–Trinajstić information content (AvgIpc) is 2.30. The van der Waals surface area contributed by atoms with Crippen molar-refractivity contribution in [1.82, 2.24) is 4.90 Å². The van der Waals surface area contributed by atoms with Crippen LogP contribution in [0.5, 0.6) is 0 Å². The van der Waals surface area contributed by atoms with Crippen molar-refractivity contribution in [3.05, 3.63) is 34.4 Å². The number of aryl methyl sites for hydroxylation is 3. The lowest BCUT2D eigenvalue weighted by Gasteiger charge is -2.18. The Labute approximate surface area is 105 Å². The molecule has 94 valence electrons. The van der Waals surface area contributed by atoms with Crippen LogP contribution in [0.4, 0.5) is 0 Å². The summed E-state index contributed by atoms with van der Waals surface area (Å²) in [4.78, 5) is 14.4. The summed E-state index contributed by atoms with van der Waals surface area (Å²) in [7, 11) is 0. The van der Waals surface area contributed by atoms with Crippen LogP contribution in [0.1, 0.15) is 40.9 Å². The number of ketones is 1. The fourth-order valence-corrected chi connectivity index (χ4v) is 2.00. The van der Waals surface area contributed by atoms with Crippen molar-refractivity contribution >= 4 is 5.78 Å². The lowest BCUT2D eigenvalue weighted by molar-refractivity contribution is 0.0936. The first-order valence-corrected chi connectivity index (χ1v) is 6.33. The molecule has 1 aromatic carbocycles. The summed E-state index contributed by atoms with van der Waals surface area (Å²) in [6.45, 7) is 12.7. The van der Waals surface area contributed by atoms with E-state index < -0.39 is 0 Å². The summed E-state index contributed by atoms with van der Waals surface area (Å²) < 4.78 is 0. The van der Waals surface area contributed by atoms with Gasteiger partial charge in [0.1, 0.15) is 0 Å². The predicted octanol–water partition coefficient (Wildman–Crippen LogP) is 3.14. The van der Waals surface area contributed by atoms with Crippen molar-refractivity contribution in [2.75, 3.05) is 19.6 Å². The Morgan fingerprint density at radius 3 is 2.06 bits per heavy atom. The van der Waals surface area contributed by atoms with E-state index in [2.05, 4.69) is 38.7 Å². The van der Waals surface area contributed by atoms with Crippen LogP contribution in [0.25, 0.3) is 0 Å². The number of Topliss-reactive ketones (excluding diaryl/α,β-unsaturated/α-hetero) is 1. The van der Waals surface area contributed by atoms with Crippen LogP contribution in [0.3, 0.4) is 0 Å². The van der Waals surface area contributed by atoms with Crippen LogP contribution in [-0.4, -0.2) is 30.3 Å². The Morgan fingerprint density at radius 1 is 1.00 bits per heavy atom. The molecule has 0 radical (unpaired) electrons. The molecule has 17 heavy (non-hydrogen) atoms. The number of likely N-dealkylation sites (N-methyl/N-ethyl adjacent to an activating group) is 1. The van der Waals surface area contributed by atoms with Gasteiger partial charge in [-0.05, 0) is 56.6 Å². The zero-order valence-electron chi connectivity index (χ0n) is 11.6. The van der Waals surface area contributed by atoms with Gasteiger partial charge in [-0.1, -0.05) is 19.9 Å². The largest absolute Gasteiger partial charge is 0.296 e. The van der Waals surface area contributed by atoms with Gasteiger partial charge in [0.2, 0.25) is 0 Å². The molecular weight excluding hydrogens is 210 g/mol. The summed E-state index contributed by atoms with van der Waals surface area (Å²) >= 11 is 0. The van der Waals surface area contributed by atoms with E-state index in [1.807, 2.05) is 13.0 Å². The summed E-state index contributed by atoms with van der Waals surface area (Å²) in [5.41, 5.74) is 4.41. The van der Waals surface area contributed by atoms with E-state index in [-0.39, 0.29) is 5.78 Å². The van der Waals surface area contributed by atoms with Crippen LogP contribution in [-0.2, 0) is 0 Å². The Morgan fingerprint density at radius 2 is 1.53 bits per heavy atom. The minimum Gasteiger partial charge on any atom is -0.296 e. The van der Waals surface area contributed by atoms with Gasteiger partial charge in [-0.15, -0.1) is 0 Å². The smallest absolute Gasteiger partial charge is 0.177 e. The van der Waals surface area contributed by atoms with E-state index in [9.17, 15) is 4.79 Å². The number of nitrogens with zero attached hydrogens (tertiary/aromatic N) is 1. The van der Waals surface area contributed by atoms with Gasteiger partial charge in [0, 0.05) is 5.56 Å². The molecule has 0 saturated heterocycles. The highest BCUT2D eigenvalue weighted by atomic mass is 16.1. The molecule has 1 rings (SSSR count). The average molecular weight is 233 g/mol. The van der Waals surface area contributed by atoms with Gasteiger partial charge < -0.3 is 0 Å². The lowest BCUT2D eigenvalue weighted by atomic mass is 9.98. The molecule has 0 spiro atoms. The quantitative estimate of drug-likeness (QED) is 0.728. The first-order valence-electron chi connectivity index (χ1n) is 6.33. The minimum atomic E-state index is 0.231. The first kappa shape index (κ1) is 13.9. The number of hydrogen-bond donors (Lipinski definition) is 0. The van der Waals surface area contributed by atoms with Crippen molar-refractivity contribution in [3.63, 3.8) is 0 Å². The molecule has 0 bridgehead atoms. The number of carbonyl (C=O) groups is 1. The third-order valence-electron chi connectivity index (χ3n) is 3.40. The summed E-state index contributed by atoms with van der Waals surface area (Å²) in [5, 5.41) is 0. The maximum absolute atomic E-state index is 12.2. The molecule has 0 saturated carbocycles. The maximum Gasteiger partial charge on any atom is 0.177 e. The minimum absolute atomic E-state index is 0.231. The van der Waals surface area contributed by atoms with E-state index in [0.717, 1.165) is 24.2 Å². The Balaban J connectivity index is 2.93. The normalized spacial score (nSPS) is 10.9. The van der Waals surface area contributed by atoms with Crippen LogP contribution in [0, 0.1) is 20.8 Å². The molecule has 2 heteroatoms. The molecule has 0 atom stereocenters. The van der Waals surface area contributed by atoms with Gasteiger partial charge in [0.25, 0.3) is 0 Å². The molecule has 0 fully saturated rings. The van der Waals surface area contributed by atoms with Crippen LogP contribution in [0.15, 0.2) is 12.1 Å². The fourth-order valence-electron chi connectivity index (χ4n) is 2.00. The highest BCUT2D eigenvalue weighted by Crippen LogP contribution is 2.16. The van der Waals surface area contributed by atoms with Crippen LogP contribution in [0.2, 0.25) is 0 Å². The molecule has 0 amide bonds. The molecule has 0 N–H and O–H groups in total. The number of hydrogen-bond acceptors (Lipinski definition) is 2. The van der Waals surface area contributed by atoms with E-state index in [4.69, 9.17) is 0 Å². The van der Waals surface area contributed by atoms with Gasteiger partial charge in [-0.2, -0.15) is 0 Å². The molecule has 0 aromatic heterocycles. The van der Waals surface area contributed by atoms with E-state index in [0.29, 0.717) is 6.54 Å². The van der Waals surface area contributed by atoms with Crippen molar-refractivity contribution in [1.29, 1.82) is 0 Å². The topological polar surface area (TPSA) is 20.3 Å².